The Labute approximate surface area is 78.5 Å². The van der Waals surface area contributed by atoms with Crippen LogP contribution in [0.3, 0.4) is 0 Å². The second-order valence-electron chi connectivity index (χ2n) is 4.34. The number of carbonyl (C=O) groups is 1. The molecule has 0 bridgehead atoms. The molecule has 0 spiro atoms. The molecule has 3 heteroatoms. The maximum Gasteiger partial charge on any atom is 0.320 e. The first-order valence-electron chi connectivity index (χ1n) is 5.23. The quantitative estimate of drug-likeness (QED) is 0.643. The summed E-state index contributed by atoms with van der Waals surface area (Å²) in [5, 5.41) is 12.0. The fraction of sp³-hybridized carbons (Fsp3) is 0.900. The van der Waals surface area contributed by atoms with Crippen molar-refractivity contribution in [1.29, 1.82) is 0 Å². The van der Waals surface area contributed by atoms with Crippen LogP contribution < -0.4 is 5.32 Å². The van der Waals surface area contributed by atoms with Crippen LogP contribution in [0.5, 0.6) is 0 Å². The van der Waals surface area contributed by atoms with Crippen LogP contribution in [-0.2, 0) is 4.79 Å². The Morgan fingerprint density at radius 1 is 1.23 bits per heavy atom. The average molecular weight is 183 g/mol. The van der Waals surface area contributed by atoms with Gasteiger partial charge in [0.15, 0.2) is 0 Å². The van der Waals surface area contributed by atoms with Crippen molar-refractivity contribution in [1.82, 2.24) is 5.32 Å². The number of nitrogens with one attached hydrogen (secondary N) is 1. The van der Waals surface area contributed by atoms with Gasteiger partial charge in [0.1, 0.15) is 6.04 Å². The summed E-state index contributed by atoms with van der Waals surface area (Å²) in [5.41, 5.74) is 0. The zero-order valence-electron chi connectivity index (χ0n) is 7.83. The highest BCUT2D eigenvalue weighted by molar-refractivity contribution is 5.73. The van der Waals surface area contributed by atoms with Crippen LogP contribution in [0.1, 0.15) is 32.1 Å². The lowest BCUT2D eigenvalue weighted by Crippen LogP contribution is -2.48. The summed E-state index contributed by atoms with van der Waals surface area (Å²) in [6.45, 7) is 0.918. The van der Waals surface area contributed by atoms with Gasteiger partial charge in [-0.15, -0.1) is 0 Å². The van der Waals surface area contributed by atoms with Gasteiger partial charge >= 0.3 is 5.97 Å². The maximum absolute atomic E-state index is 10.8. The molecular formula is C10H17NO2. The molecule has 1 saturated heterocycles. The van der Waals surface area contributed by atoms with Gasteiger partial charge in [-0.25, -0.2) is 0 Å². The lowest BCUT2D eigenvalue weighted by Gasteiger charge is -2.38. The predicted octanol–water partition coefficient (Wildman–Crippen LogP) is 1.24. The summed E-state index contributed by atoms with van der Waals surface area (Å²) in [6.07, 6.45) is 6.02. The maximum atomic E-state index is 10.8. The minimum atomic E-state index is -0.677. The smallest absolute Gasteiger partial charge is 0.320 e. The van der Waals surface area contributed by atoms with Crippen LogP contribution >= 0.6 is 0 Å². The monoisotopic (exact) mass is 183 g/mol. The first-order valence-corrected chi connectivity index (χ1v) is 5.23. The van der Waals surface area contributed by atoms with E-state index in [1.165, 1.54) is 25.7 Å². The second-order valence-corrected chi connectivity index (χ2v) is 4.34. The Balaban J connectivity index is 1.95. The van der Waals surface area contributed by atoms with E-state index in [1.807, 2.05) is 0 Å². The molecule has 13 heavy (non-hydrogen) atoms. The van der Waals surface area contributed by atoms with Crippen molar-refractivity contribution in [2.75, 3.05) is 6.54 Å². The van der Waals surface area contributed by atoms with Gasteiger partial charge < -0.3 is 10.4 Å². The summed E-state index contributed by atoms with van der Waals surface area (Å²) in [6, 6.07) is -0.278. The molecule has 2 unspecified atom stereocenters. The molecule has 0 aromatic rings. The number of hydrogen-bond acceptors (Lipinski definition) is 2. The third-order valence-electron chi connectivity index (χ3n) is 3.53. The lowest BCUT2D eigenvalue weighted by atomic mass is 9.74. The van der Waals surface area contributed by atoms with Crippen molar-refractivity contribution in [2.45, 2.75) is 38.1 Å². The van der Waals surface area contributed by atoms with E-state index in [1.54, 1.807) is 0 Å². The fourth-order valence-electron chi connectivity index (χ4n) is 2.73. The highest BCUT2D eigenvalue weighted by atomic mass is 16.4. The summed E-state index contributed by atoms with van der Waals surface area (Å²) < 4.78 is 0. The van der Waals surface area contributed by atoms with E-state index in [2.05, 4.69) is 5.32 Å². The average Bonchev–Trinajstić information content (AvgIpc) is 2.17. The van der Waals surface area contributed by atoms with Crippen LogP contribution in [0.2, 0.25) is 0 Å². The molecule has 1 heterocycles. The predicted molar refractivity (Wildman–Crippen MR) is 49.5 cm³/mol. The lowest BCUT2D eigenvalue weighted by molar-refractivity contribution is -0.141. The van der Waals surface area contributed by atoms with E-state index in [0.29, 0.717) is 5.92 Å². The van der Waals surface area contributed by atoms with Crippen LogP contribution in [0, 0.1) is 11.8 Å². The van der Waals surface area contributed by atoms with Gasteiger partial charge in [-0.05, 0) is 31.2 Å². The molecule has 74 valence electrons. The summed E-state index contributed by atoms with van der Waals surface area (Å²) in [7, 11) is 0. The minimum Gasteiger partial charge on any atom is -0.480 e. The van der Waals surface area contributed by atoms with Crippen molar-refractivity contribution in [3.05, 3.63) is 0 Å². The van der Waals surface area contributed by atoms with E-state index in [9.17, 15) is 4.79 Å². The zero-order chi connectivity index (χ0) is 9.26. The number of fused-ring (bicyclic) bond motifs is 1. The largest absolute Gasteiger partial charge is 0.480 e. The molecule has 0 amide bonds. The van der Waals surface area contributed by atoms with E-state index < -0.39 is 5.97 Å². The highest BCUT2D eigenvalue weighted by Crippen LogP contribution is 2.35. The van der Waals surface area contributed by atoms with E-state index in [0.717, 1.165) is 18.9 Å². The SMILES string of the molecule is O=C(O)[C@@H]1CC2CCCCC2CN1. The Hall–Kier alpha value is -0.570. The third kappa shape index (κ3) is 1.85. The van der Waals surface area contributed by atoms with Crippen LogP contribution in [0.25, 0.3) is 0 Å². The highest BCUT2D eigenvalue weighted by Gasteiger charge is 2.34. The molecule has 1 saturated carbocycles. The minimum absolute atomic E-state index is 0.278. The first kappa shape index (κ1) is 9.00. The normalized spacial score (nSPS) is 39.5. The van der Waals surface area contributed by atoms with Gasteiger partial charge in [0, 0.05) is 0 Å². The molecule has 2 aliphatic rings. The van der Waals surface area contributed by atoms with Gasteiger partial charge in [0.25, 0.3) is 0 Å². The Bertz CT molecular complexity index is 205. The Morgan fingerprint density at radius 2 is 1.92 bits per heavy atom. The Morgan fingerprint density at radius 3 is 2.62 bits per heavy atom. The van der Waals surface area contributed by atoms with E-state index in [-0.39, 0.29) is 6.04 Å². The first-order chi connectivity index (χ1) is 6.27. The van der Waals surface area contributed by atoms with Gasteiger partial charge in [-0.1, -0.05) is 19.3 Å². The van der Waals surface area contributed by atoms with Crippen LogP contribution in [0.15, 0.2) is 0 Å². The standard InChI is InChI=1S/C10H17NO2/c12-10(13)9-5-7-3-1-2-4-8(7)6-11-9/h7-9,11H,1-6H2,(H,12,13)/t7?,8?,9-/m0/s1. The number of carboxylic acid groups (broad SMARTS) is 1. The van der Waals surface area contributed by atoms with Crippen LogP contribution in [0.4, 0.5) is 0 Å². The third-order valence-corrected chi connectivity index (χ3v) is 3.53. The number of rotatable bonds is 1. The molecule has 3 nitrogen and oxygen atoms in total. The summed E-state index contributed by atoms with van der Waals surface area (Å²) >= 11 is 0. The molecule has 2 rings (SSSR count). The van der Waals surface area contributed by atoms with Crippen LogP contribution in [-0.4, -0.2) is 23.7 Å². The van der Waals surface area contributed by atoms with E-state index >= 15 is 0 Å². The number of hydrogen-bond donors (Lipinski definition) is 2. The number of carboxylic acids is 1. The Kier molecular flexibility index (Phi) is 2.54. The van der Waals surface area contributed by atoms with Gasteiger partial charge in [0.05, 0.1) is 0 Å². The molecule has 2 fully saturated rings. The molecule has 3 atom stereocenters. The van der Waals surface area contributed by atoms with Crippen molar-refractivity contribution >= 4 is 5.97 Å². The second kappa shape index (κ2) is 3.66. The van der Waals surface area contributed by atoms with Gasteiger partial charge in [-0.3, -0.25) is 4.79 Å². The molecular weight excluding hydrogens is 166 g/mol. The number of aliphatic carboxylic acids is 1. The summed E-state index contributed by atoms with van der Waals surface area (Å²) in [5.74, 6) is 0.754. The molecule has 0 aromatic carbocycles. The van der Waals surface area contributed by atoms with Crippen molar-refractivity contribution in [3.8, 4) is 0 Å². The molecule has 1 aliphatic carbocycles. The number of piperidine rings is 1. The summed E-state index contributed by atoms with van der Waals surface area (Å²) in [4.78, 5) is 10.8. The van der Waals surface area contributed by atoms with Crippen molar-refractivity contribution in [3.63, 3.8) is 0 Å². The molecule has 1 aliphatic heterocycles. The van der Waals surface area contributed by atoms with Crippen molar-refractivity contribution < 1.29 is 9.90 Å². The zero-order valence-corrected chi connectivity index (χ0v) is 7.83. The molecule has 0 aromatic heterocycles. The van der Waals surface area contributed by atoms with Crippen molar-refractivity contribution in [2.24, 2.45) is 11.8 Å². The van der Waals surface area contributed by atoms with Gasteiger partial charge in [0.2, 0.25) is 0 Å². The molecule has 2 N–H and O–H groups in total. The topological polar surface area (TPSA) is 49.3 Å². The fourth-order valence-corrected chi connectivity index (χ4v) is 2.73. The van der Waals surface area contributed by atoms with Gasteiger partial charge in [-0.2, -0.15) is 0 Å². The van der Waals surface area contributed by atoms with E-state index in [4.69, 9.17) is 5.11 Å². The molecule has 0 radical (unpaired) electrons.